The van der Waals surface area contributed by atoms with Crippen molar-refractivity contribution < 1.29 is 14.7 Å². The molecular formula is C28H25ClN8O3S. The Labute approximate surface area is 244 Å². The summed E-state index contributed by atoms with van der Waals surface area (Å²) in [6.45, 7) is 2.04. The summed E-state index contributed by atoms with van der Waals surface area (Å²) in [5.74, 6) is -0.524. The van der Waals surface area contributed by atoms with Crippen molar-refractivity contribution in [1.82, 2.24) is 40.9 Å². The molecule has 1 unspecified atom stereocenters. The number of aliphatic carboxylic acids is 1. The van der Waals surface area contributed by atoms with Gasteiger partial charge < -0.3 is 10.4 Å². The Morgan fingerprint density at radius 3 is 2.41 bits per heavy atom. The van der Waals surface area contributed by atoms with E-state index in [1.54, 1.807) is 36.7 Å². The summed E-state index contributed by atoms with van der Waals surface area (Å²) >= 11 is 7.58. The van der Waals surface area contributed by atoms with E-state index in [1.165, 1.54) is 11.3 Å². The normalized spacial score (nSPS) is 11.8. The zero-order valence-corrected chi connectivity index (χ0v) is 23.5. The highest BCUT2D eigenvalue weighted by Gasteiger charge is 2.24. The molecule has 0 saturated carbocycles. The Bertz CT molecular complexity index is 1660. The molecule has 0 spiro atoms. The summed E-state index contributed by atoms with van der Waals surface area (Å²) in [6, 6.07) is 13.6. The minimum atomic E-state index is -1.05. The number of H-pyrrole nitrogens is 1. The zero-order valence-electron chi connectivity index (χ0n) is 21.9. The van der Waals surface area contributed by atoms with Crippen LogP contribution in [0.1, 0.15) is 57.3 Å². The Morgan fingerprint density at radius 2 is 1.76 bits per heavy atom. The molecule has 3 heterocycles. The third-order valence-electron chi connectivity index (χ3n) is 6.25. The van der Waals surface area contributed by atoms with Crippen LogP contribution in [-0.2, 0) is 17.6 Å². The lowest BCUT2D eigenvalue weighted by Crippen LogP contribution is -2.30. The lowest BCUT2D eigenvalue weighted by molar-refractivity contribution is -0.137. The maximum absolute atomic E-state index is 13.2. The molecule has 0 aliphatic rings. The van der Waals surface area contributed by atoms with Crippen LogP contribution in [0.25, 0.3) is 22.8 Å². The lowest BCUT2D eigenvalue weighted by Gasteiger charge is -2.18. The minimum Gasteiger partial charge on any atom is -0.481 e. The first-order valence-corrected chi connectivity index (χ1v) is 14.0. The van der Waals surface area contributed by atoms with E-state index in [4.69, 9.17) is 11.6 Å². The van der Waals surface area contributed by atoms with Crippen molar-refractivity contribution in [3.63, 3.8) is 0 Å². The maximum atomic E-state index is 13.2. The number of nitrogens with one attached hydrogen (secondary N) is 2. The number of carboxylic acids is 1. The standard InChI is InChI=1S/C28H25ClN8O3S/c1-2-7-21-23(41-28(33-21)27(40)32-22(13-24(38)39)19-10-5-6-11-20(19)29)12-16-14-30-25(31-15-16)17-8-3-4-9-18(17)26-34-36-37-35-26/h3-6,8-11,14-15,22H,2,7,12-13H2,1H3,(H,32,40)(H,38,39)(H,34,35,36,37). The van der Waals surface area contributed by atoms with E-state index < -0.39 is 17.9 Å². The second kappa shape index (κ2) is 12.7. The number of amides is 1. The molecule has 1 atom stereocenters. The van der Waals surface area contributed by atoms with E-state index >= 15 is 0 Å². The van der Waals surface area contributed by atoms with Gasteiger partial charge >= 0.3 is 5.97 Å². The van der Waals surface area contributed by atoms with Crippen LogP contribution < -0.4 is 5.32 Å². The van der Waals surface area contributed by atoms with Crippen molar-refractivity contribution in [3.05, 3.63) is 92.7 Å². The van der Waals surface area contributed by atoms with E-state index in [0.717, 1.165) is 33.7 Å². The Morgan fingerprint density at radius 1 is 1.05 bits per heavy atom. The number of rotatable bonds is 11. The van der Waals surface area contributed by atoms with Gasteiger partial charge in [-0.25, -0.2) is 15.0 Å². The molecule has 0 bridgehead atoms. The van der Waals surface area contributed by atoms with Crippen LogP contribution >= 0.6 is 22.9 Å². The van der Waals surface area contributed by atoms with Gasteiger partial charge in [-0.1, -0.05) is 67.4 Å². The highest BCUT2D eigenvalue weighted by atomic mass is 35.5. The lowest BCUT2D eigenvalue weighted by atomic mass is 10.0. The van der Waals surface area contributed by atoms with Crippen LogP contribution in [0, 0.1) is 0 Å². The number of aromatic nitrogens is 7. The summed E-state index contributed by atoms with van der Waals surface area (Å²) < 4.78 is 0. The molecule has 3 aromatic heterocycles. The fourth-order valence-electron chi connectivity index (χ4n) is 4.36. The van der Waals surface area contributed by atoms with Crippen molar-refractivity contribution in [2.24, 2.45) is 0 Å². The van der Waals surface area contributed by atoms with Gasteiger partial charge in [0.25, 0.3) is 5.91 Å². The zero-order chi connectivity index (χ0) is 28.8. The molecule has 1 amide bonds. The average Bonchev–Trinajstić information content (AvgIpc) is 3.64. The van der Waals surface area contributed by atoms with Gasteiger partial charge in [0.2, 0.25) is 5.82 Å². The van der Waals surface area contributed by atoms with Crippen molar-refractivity contribution in [2.45, 2.75) is 38.6 Å². The first kappa shape index (κ1) is 28.0. The first-order valence-electron chi connectivity index (χ1n) is 12.8. The summed E-state index contributed by atoms with van der Waals surface area (Å²) in [6.07, 6.45) is 5.24. The quantitative estimate of drug-likeness (QED) is 0.194. The number of benzene rings is 2. The van der Waals surface area contributed by atoms with Gasteiger partial charge in [-0.2, -0.15) is 5.21 Å². The van der Waals surface area contributed by atoms with Crippen LogP contribution in [-0.4, -0.2) is 52.6 Å². The van der Waals surface area contributed by atoms with Gasteiger partial charge in [-0.05, 0) is 28.8 Å². The van der Waals surface area contributed by atoms with Gasteiger partial charge in [-0.3, -0.25) is 9.59 Å². The second-order valence-corrected chi connectivity index (χ2v) is 10.6. The predicted molar refractivity (Wildman–Crippen MR) is 153 cm³/mol. The molecule has 0 aliphatic carbocycles. The predicted octanol–water partition coefficient (Wildman–Crippen LogP) is 4.92. The van der Waals surface area contributed by atoms with E-state index in [-0.39, 0.29) is 11.4 Å². The van der Waals surface area contributed by atoms with E-state index in [9.17, 15) is 14.7 Å². The number of hydrogen-bond donors (Lipinski definition) is 3. The molecule has 11 nitrogen and oxygen atoms in total. The average molecular weight is 589 g/mol. The number of tetrazole rings is 1. The SMILES string of the molecule is CCCc1nc(C(=O)NC(CC(=O)O)c2ccccc2Cl)sc1Cc1cnc(-c2ccccc2-c2nn[nH]n2)nc1. The summed E-state index contributed by atoms with van der Waals surface area (Å²) in [5.41, 5.74) is 3.75. The Kier molecular flexibility index (Phi) is 8.70. The highest BCUT2D eigenvalue weighted by Crippen LogP contribution is 2.29. The van der Waals surface area contributed by atoms with E-state index in [2.05, 4.69) is 40.9 Å². The minimum absolute atomic E-state index is 0.262. The molecule has 0 fully saturated rings. The number of hydrogen-bond acceptors (Lipinski definition) is 9. The summed E-state index contributed by atoms with van der Waals surface area (Å²) in [7, 11) is 0. The van der Waals surface area contributed by atoms with Gasteiger partial charge in [0.05, 0.1) is 18.2 Å². The molecular weight excluding hydrogens is 564 g/mol. The number of aromatic amines is 1. The molecule has 3 N–H and O–H groups in total. The van der Waals surface area contributed by atoms with Crippen molar-refractivity contribution in [2.75, 3.05) is 0 Å². The maximum Gasteiger partial charge on any atom is 0.305 e. The number of halogens is 1. The fourth-order valence-corrected chi connectivity index (χ4v) is 5.67. The molecule has 0 aliphatic heterocycles. The monoisotopic (exact) mass is 588 g/mol. The molecule has 13 heteroatoms. The van der Waals surface area contributed by atoms with Crippen molar-refractivity contribution >= 4 is 34.8 Å². The number of carboxylic acid groups (broad SMARTS) is 1. The molecule has 5 rings (SSSR count). The number of carbonyl (C=O) groups excluding carboxylic acids is 1. The van der Waals surface area contributed by atoms with Gasteiger partial charge in [-0.15, -0.1) is 21.5 Å². The Balaban J connectivity index is 1.36. The molecule has 0 radical (unpaired) electrons. The number of nitrogens with zero attached hydrogens (tertiary/aromatic N) is 6. The van der Waals surface area contributed by atoms with Crippen LogP contribution in [0.2, 0.25) is 5.02 Å². The van der Waals surface area contributed by atoms with Crippen molar-refractivity contribution in [1.29, 1.82) is 0 Å². The molecule has 0 saturated heterocycles. The first-order chi connectivity index (χ1) is 19.9. The molecule has 2 aromatic carbocycles. The Hall–Kier alpha value is -4.55. The molecule has 208 valence electrons. The molecule has 41 heavy (non-hydrogen) atoms. The van der Waals surface area contributed by atoms with Gasteiger partial charge in [0.1, 0.15) is 0 Å². The van der Waals surface area contributed by atoms with Crippen LogP contribution in [0.5, 0.6) is 0 Å². The largest absolute Gasteiger partial charge is 0.481 e. The molecule has 5 aromatic rings. The van der Waals surface area contributed by atoms with Gasteiger partial charge in [0, 0.05) is 39.8 Å². The topological polar surface area (TPSA) is 160 Å². The highest BCUT2D eigenvalue weighted by molar-refractivity contribution is 7.13. The van der Waals surface area contributed by atoms with Crippen LogP contribution in [0.3, 0.4) is 0 Å². The van der Waals surface area contributed by atoms with Crippen LogP contribution in [0.4, 0.5) is 0 Å². The summed E-state index contributed by atoms with van der Waals surface area (Å²) in [4.78, 5) is 39.5. The number of carbonyl (C=O) groups is 2. The fraction of sp³-hybridized carbons (Fsp3) is 0.214. The van der Waals surface area contributed by atoms with Crippen molar-refractivity contribution in [3.8, 4) is 22.8 Å². The van der Waals surface area contributed by atoms with E-state index in [1.807, 2.05) is 31.2 Å². The van der Waals surface area contributed by atoms with Gasteiger partial charge in [0.15, 0.2) is 10.8 Å². The summed E-state index contributed by atoms with van der Waals surface area (Å²) in [5, 5.41) is 27.1. The van der Waals surface area contributed by atoms with Crippen LogP contribution in [0.15, 0.2) is 60.9 Å². The number of thiazole rings is 1. The van der Waals surface area contributed by atoms with E-state index in [0.29, 0.717) is 35.1 Å². The third kappa shape index (κ3) is 6.61. The second-order valence-electron chi connectivity index (χ2n) is 9.16. The smallest absolute Gasteiger partial charge is 0.305 e. The third-order valence-corrected chi connectivity index (χ3v) is 7.69. The number of aryl methyl sites for hydroxylation is 1.